The molecule has 1 aromatic rings. The van der Waals surface area contributed by atoms with Gasteiger partial charge in [0.05, 0.1) is 14.2 Å². The van der Waals surface area contributed by atoms with E-state index < -0.39 is 6.04 Å². The van der Waals surface area contributed by atoms with Crippen molar-refractivity contribution in [2.45, 2.75) is 25.4 Å². The number of likely N-dealkylation sites (tertiary alicyclic amines) is 1. The van der Waals surface area contributed by atoms with Crippen molar-refractivity contribution in [3.8, 4) is 11.5 Å². The molecule has 0 radical (unpaired) electrons. The highest BCUT2D eigenvalue weighted by atomic mass is 16.5. The lowest BCUT2D eigenvalue weighted by atomic mass is 10.1. The van der Waals surface area contributed by atoms with Gasteiger partial charge in [0, 0.05) is 24.7 Å². The molecule has 0 aliphatic carbocycles. The fraction of sp³-hybridized carbons (Fsp3) is 0.500. The quantitative estimate of drug-likeness (QED) is 0.818. The second-order valence-electron chi connectivity index (χ2n) is 5.43. The fourth-order valence-corrected chi connectivity index (χ4v) is 2.77. The maximum Gasteiger partial charge on any atom is 0.254 e. The number of hydrogen-bond donors (Lipinski definition) is 2. The number of amides is 2. The Kier molecular flexibility index (Phi) is 5.44. The molecule has 1 fully saturated rings. The van der Waals surface area contributed by atoms with Crippen LogP contribution < -0.4 is 20.5 Å². The first-order chi connectivity index (χ1) is 11.0. The maximum absolute atomic E-state index is 12.8. The van der Waals surface area contributed by atoms with Crippen molar-refractivity contribution in [2.75, 3.05) is 27.3 Å². The van der Waals surface area contributed by atoms with Crippen LogP contribution in [-0.4, -0.2) is 56.1 Å². The third-order valence-electron chi connectivity index (χ3n) is 3.88. The molecule has 2 amide bonds. The van der Waals surface area contributed by atoms with Gasteiger partial charge in [0.25, 0.3) is 5.91 Å². The van der Waals surface area contributed by atoms with Gasteiger partial charge in [-0.2, -0.15) is 0 Å². The largest absolute Gasteiger partial charge is 0.493 e. The van der Waals surface area contributed by atoms with E-state index in [2.05, 4.69) is 5.32 Å². The summed E-state index contributed by atoms with van der Waals surface area (Å²) in [5.41, 5.74) is 6.38. The Balaban J connectivity index is 2.25. The number of nitrogens with one attached hydrogen (secondary N) is 1. The molecule has 0 bridgehead atoms. The van der Waals surface area contributed by atoms with Crippen LogP contribution >= 0.6 is 0 Å². The van der Waals surface area contributed by atoms with Gasteiger partial charge < -0.3 is 25.4 Å². The van der Waals surface area contributed by atoms with Gasteiger partial charge in [-0.1, -0.05) is 0 Å². The number of hydrogen-bond acceptors (Lipinski definition) is 5. The van der Waals surface area contributed by atoms with Crippen molar-refractivity contribution in [3.63, 3.8) is 0 Å². The molecule has 1 aromatic carbocycles. The summed E-state index contributed by atoms with van der Waals surface area (Å²) in [6.45, 7) is 2.71. The Hall–Kier alpha value is -2.28. The molecule has 2 atom stereocenters. The lowest BCUT2D eigenvalue weighted by Gasteiger charge is -2.24. The number of likely N-dealkylation sites (N-methyl/N-ethyl adjacent to an activating group) is 1. The van der Waals surface area contributed by atoms with Gasteiger partial charge in [-0.25, -0.2) is 0 Å². The van der Waals surface area contributed by atoms with Crippen molar-refractivity contribution < 1.29 is 19.1 Å². The molecule has 2 rings (SSSR count). The van der Waals surface area contributed by atoms with E-state index in [1.807, 2.05) is 6.92 Å². The number of nitrogens with zero attached hydrogens (tertiary/aromatic N) is 1. The molecule has 1 aliphatic heterocycles. The summed E-state index contributed by atoms with van der Waals surface area (Å²) >= 11 is 0. The van der Waals surface area contributed by atoms with E-state index in [0.717, 1.165) is 0 Å². The highest BCUT2D eigenvalue weighted by Crippen LogP contribution is 2.29. The van der Waals surface area contributed by atoms with Crippen molar-refractivity contribution >= 4 is 11.8 Å². The zero-order chi connectivity index (χ0) is 17.0. The lowest BCUT2D eigenvalue weighted by molar-refractivity contribution is -0.124. The molecule has 1 aliphatic rings. The molecular weight excluding hydrogens is 298 g/mol. The summed E-state index contributed by atoms with van der Waals surface area (Å²) in [4.78, 5) is 26.5. The standard InChI is InChI=1S/C16H23N3O4/c1-4-18-15(20)12-8-11(17)9-19(12)16(21)10-5-6-13(22-2)14(7-10)23-3/h5-7,11-12H,4,8-9,17H2,1-3H3,(H,18,20)/t11-,12+/m1/s1. The van der Waals surface area contributed by atoms with E-state index in [9.17, 15) is 9.59 Å². The molecule has 23 heavy (non-hydrogen) atoms. The van der Waals surface area contributed by atoms with Crippen LogP contribution in [0.2, 0.25) is 0 Å². The molecular formula is C16H23N3O4. The van der Waals surface area contributed by atoms with Gasteiger partial charge in [-0.3, -0.25) is 9.59 Å². The summed E-state index contributed by atoms with van der Waals surface area (Å²) in [6, 6.07) is 4.20. The third kappa shape index (κ3) is 3.56. The van der Waals surface area contributed by atoms with E-state index in [4.69, 9.17) is 15.2 Å². The van der Waals surface area contributed by atoms with Crippen molar-refractivity contribution in [1.82, 2.24) is 10.2 Å². The monoisotopic (exact) mass is 321 g/mol. The second kappa shape index (κ2) is 7.32. The summed E-state index contributed by atoms with van der Waals surface area (Å²) in [5.74, 6) is 0.600. The molecule has 7 nitrogen and oxygen atoms in total. The summed E-state index contributed by atoms with van der Waals surface area (Å²) in [5, 5.41) is 2.75. The first-order valence-electron chi connectivity index (χ1n) is 7.58. The predicted molar refractivity (Wildman–Crippen MR) is 85.6 cm³/mol. The van der Waals surface area contributed by atoms with Crippen molar-refractivity contribution in [2.24, 2.45) is 5.73 Å². The highest BCUT2D eigenvalue weighted by molar-refractivity contribution is 5.98. The van der Waals surface area contributed by atoms with Gasteiger partial charge in [-0.05, 0) is 31.5 Å². The highest BCUT2D eigenvalue weighted by Gasteiger charge is 2.38. The molecule has 126 valence electrons. The van der Waals surface area contributed by atoms with Gasteiger partial charge >= 0.3 is 0 Å². The van der Waals surface area contributed by atoms with Gasteiger partial charge in [0.2, 0.25) is 5.91 Å². The number of nitrogens with two attached hydrogens (primary N) is 1. The van der Waals surface area contributed by atoms with Crippen LogP contribution in [0.5, 0.6) is 11.5 Å². The average molecular weight is 321 g/mol. The van der Waals surface area contributed by atoms with Gasteiger partial charge in [-0.15, -0.1) is 0 Å². The van der Waals surface area contributed by atoms with E-state index >= 15 is 0 Å². The summed E-state index contributed by atoms with van der Waals surface area (Å²) in [7, 11) is 3.04. The van der Waals surface area contributed by atoms with Crippen LogP contribution in [0.25, 0.3) is 0 Å². The zero-order valence-corrected chi connectivity index (χ0v) is 13.7. The Morgan fingerprint density at radius 3 is 2.61 bits per heavy atom. The van der Waals surface area contributed by atoms with Crippen LogP contribution in [0.3, 0.4) is 0 Å². The molecule has 1 heterocycles. The van der Waals surface area contributed by atoms with E-state index in [0.29, 0.717) is 36.6 Å². The van der Waals surface area contributed by atoms with Gasteiger partial charge in [0.15, 0.2) is 11.5 Å². The molecule has 0 unspecified atom stereocenters. The minimum Gasteiger partial charge on any atom is -0.493 e. The maximum atomic E-state index is 12.8. The van der Waals surface area contributed by atoms with Crippen LogP contribution in [0.1, 0.15) is 23.7 Å². The number of benzene rings is 1. The van der Waals surface area contributed by atoms with E-state index in [1.165, 1.54) is 19.1 Å². The average Bonchev–Trinajstić information content (AvgIpc) is 2.95. The van der Waals surface area contributed by atoms with Crippen molar-refractivity contribution in [3.05, 3.63) is 23.8 Å². The topological polar surface area (TPSA) is 93.9 Å². The zero-order valence-electron chi connectivity index (χ0n) is 13.7. The van der Waals surface area contributed by atoms with Crippen LogP contribution in [0.15, 0.2) is 18.2 Å². The summed E-state index contributed by atoms with van der Waals surface area (Å²) < 4.78 is 10.4. The molecule has 3 N–H and O–H groups in total. The third-order valence-corrected chi connectivity index (χ3v) is 3.88. The first-order valence-corrected chi connectivity index (χ1v) is 7.58. The number of ether oxygens (including phenoxy) is 2. The molecule has 0 aromatic heterocycles. The number of methoxy groups -OCH3 is 2. The minimum absolute atomic E-state index is 0.172. The van der Waals surface area contributed by atoms with Crippen LogP contribution in [0, 0.1) is 0 Å². The summed E-state index contributed by atoms with van der Waals surface area (Å²) in [6.07, 6.45) is 0.463. The van der Waals surface area contributed by atoms with Crippen LogP contribution in [-0.2, 0) is 4.79 Å². The normalized spacial score (nSPS) is 20.3. The lowest BCUT2D eigenvalue weighted by Crippen LogP contribution is -2.45. The predicted octanol–water partition coefficient (Wildman–Crippen LogP) is 0.382. The number of carbonyl (C=O) groups is 2. The number of rotatable bonds is 5. The van der Waals surface area contributed by atoms with E-state index in [1.54, 1.807) is 18.2 Å². The number of carbonyl (C=O) groups excluding carboxylic acids is 2. The molecule has 1 saturated heterocycles. The Morgan fingerprint density at radius 2 is 2.00 bits per heavy atom. The van der Waals surface area contributed by atoms with Gasteiger partial charge in [0.1, 0.15) is 6.04 Å². The molecule has 0 spiro atoms. The Bertz CT molecular complexity index is 591. The van der Waals surface area contributed by atoms with Crippen molar-refractivity contribution in [1.29, 1.82) is 0 Å². The fourth-order valence-electron chi connectivity index (χ4n) is 2.77. The van der Waals surface area contributed by atoms with Crippen LogP contribution in [0.4, 0.5) is 0 Å². The SMILES string of the molecule is CCNC(=O)[C@@H]1C[C@@H](N)CN1C(=O)c1ccc(OC)c(OC)c1. The minimum atomic E-state index is -0.537. The second-order valence-corrected chi connectivity index (χ2v) is 5.43. The van der Waals surface area contributed by atoms with E-state index in [-0.39, 0.29) is 17.9 Å². The molecule has 0 saturated carbocycles. The Labute approximate surface area is 135 Å². The first kappa shape index (κ1) is 17.1. The molecule has 7 heteroatoms. The smallest absolute Gasteiger partial charge is 0.254 e. The Morgan fingerprint density at radius 1 is 1.30 bits per heavy atom.